The fourth-order valence-electron chi connectivity index (χ4n) is 3.06. The first-order valence-corrected chi connectivity index (χ1v) is 9.07. The summed E-state index contributed by atoms with van der Waals surface area (Å²) in [5.41, 5.74) is 2.47. The highest BCUT2D eigenvalue weighted by atomic mass is 19.1. The van der Waals surface area contributed by atoms with Crippen molar-refractivity contribution < 1.29 is 8.78 Å². The molecule has 0 amide bonds. The van der Waals surface area contributed by atoms with Gasteiger partial charge in [-0.25, -0.2) is 8.78 Å². The number of benzene rings is 2. The third kappa shape index (κ3) is 5.25. The van der Waals surface area contributed by atoms with Crippen LogP contribution in [0.1, 0.15) is 27.8 Å². The predicted octanol–water partition coefficient (Wildman–Crippen LogP) is 3.92. The van der Waals surface area contributed by atoms with Crippen molar-refractivity contribution in [2.24, 2.45) is 0 Å². The maximum Gasteiger partial charge on any atom is 0.127 e. The van der Waals surface area contributed by atoms with Crippen molar-refractivity contribution in [3.63, 3.8) is 0 Å². The van der Waals surface area contributed by atoms with Crippen LogP contribution in [0.5, 0.6) is 0 Å². The van der Waals surface area contributed by atoms with Gasteiger partial charge in [0.2, 0.25) is 0 Å². The van der Waals surface area contributed by atoms with E-state index in [0.717, 1.165) is 5.56 Å². The molecule has 2 aromatic carbocycles. The van der Waals surface area contributed by atoms with Gasteiger partial charge in [0.25, 0.3) is 0 Å². The van der Waals surface area contributed by atoms with Crippen molar-refractivity contribution in [2.45, 2.75) is 26.6 Å². The Bertz CT molecular complexity index is 1030. The highest BCUT2D eigenvalue weighted by Gasteiger charge is 2.14. The number of nitriles is 2. The lowest BCUT2D eigenvalue weighted by Gasteiger charge is -2.23. The summed E-state index contributed by atoms with van der Waals surface area (Å²) in [6.45, 7) is 3.34. The molecule has 0 saturated carbocycles. The molecule has 3 aromatic rings. The Kier molecular flexibility index (Phi) is 6.33. The molecule has 0 aliphatic heterocycles. The standard InChI is InChI=1S/C22H19F2N5/c1-16-12-27-29(13-16)7-6-28(14-19-8-17(10-25)2-4-21(19)23)15-20-9-18(11-26)3-5-22(20)24/h2-5,8-9,12-13H,6-7,14-15H2,1H3. The van der Waals surface area contributed by atoms with Gasteiger partial charge >= 0.3 is 0 Å². The summed E-state index contributed by atoms with van der Waals surface area (Å²) >= 11 is 0. The van der Waals surface area contributed by atoms with E-state index >= 15 is 0 Å². The molecule has 0 unspecified atom stereocenters. The lowest BCUT2D eigenvalue weighted by molar-refractivity contribution is 0.235. The van der Waals surface area contributed by atoms with Gasteiger partial charge in [-0.2, -0.15) is 15.6 Å². The van der Waals surface area contributed by atoms with E-state index in [9.17, 15) is 8.78 Å². The summed E-state index contributed by atoms with van der Waals surface area (Å²) in [5.74, 6) is -0.842. The molecule has 0 aliphatic carbocycles. The van der Waals surface area contributed by atoms with Gasteiger partial charge in [0.05, 0.1) is 36.0 Å². The molecular weight excluding hydrogens is 372 g/mol. The number of hydrogen-bond donors (Lipinski definition) is 0. The van der Waals surface area contributed by atoms with E-state index in [4.69, 9.17) is 10.5 Å². The maximum atomic E-state index is 14.3. The number of nitrogens with zero attached hydrogens (tertiary/aromatic N) is 5. The van der Waals surface area contributed by atoms with Crippen molar-refractivity contribution in [2.75, 3.05) is 6.54 Å². The average Bonchev–Trinajstić information content (AvgIpc) is 3.14. The third-order valence-corrected chi connectivity index (χ3v) is 4.55. The molecule has 5 nitrogen and oxygen atoms in total. The van der Waals surface area contributed by atoms with E-state index in [0.29, 0.717) is 35.3 Å². The molecule has 146 valence electrons. The van der Waals surface area contributed by atoms with Crippen molar-refractivity contribution >= 4 is 0 Å². The fourth-order valence-corrected chi connectivity index (χ4v) is 3.06. The van der Waals surface area contributed by atoms with Gasteiger partial charge in [-0.3, -0.25) is 9.58 Å². The van der Waals surface area contributed by atoms with E-state index in [1.807, 2.05) is 30.2 Å². The monoisotopic (exact) mass is 391 g/mol. The van der Waals surface area contributed by atoms with Gasteiger partial charge in [0, 0.05) is 37.0 Å². The molecule has 0 saturated heterocycles. The molecule has 0 N–H and O–H groups in total. The Morgan fingerprint density at radius 2 is 1.52 bits per heavy atom. The Morgan fingerprint density at radius 1 is 0.966 bits per heavy atom. The second-order valence-electron chi connectivity index (χ2n) is 6.83. The van der Waals surface area contributed by atoms with Crippen molar-refractivity contribution in [1.29, 1.82) is 10.5 Å². The molecule has 0 fully saturated rings. The highest BCUT2D eigenvalue weighted by Crippen LogP contribution is 2.18. The van der Waals surface area contributed by atoms with Gasteiger partial charge in [0.15, 0.2) is 0 Å². The number of aryl methyl sites for hydroxylation is 1. The number of rotatable bonds is 7. The van der Waals surface area contributed by atoms with Crippen LogP contribution >= 0.6 is 0 Å². The van der Waals surface area contributed by atoms with Gasteiger partial charge in [-0.1, -0.05) is 0 Å². The van der Waals surface area contributed by atoms with Crippen molar-refractivity contribution in [1.82, 2.24) is 14.7 Å². The van der Waals surface area contributed by atoms with Crippen LogP contribution in [0.4, 0.5) is 8.78 Å². The Labute approximate surface area is 168 Å². The normalized spacial score (nSPS) is 10.7. The second-order valence-corrected chi connectivity index (χ2v) is 6.83. The Morgan fingerprint density at radius 3 is 1.97 bits per heavy atom. The molecule has 7 heteroatoms. The van der Waals surface area contributed by atoms with Crippen LogP contribution in [0.25, 0.3) is 0 Å². The molecule has 1 heterocycles. The van der Waals surface area contributed by atoms with Crippen LogP contribution in [0.2, 0.25) is 0 Å². The topological polar surface area (TPSA) is 68.6 Å². The maximum absolute atomic E-state index is 14.3. The molecule has 1 aromatic heterocycles. The van der Waals surface area contributed by atoms with Crippen LogP contribution in [-0.2, 0) is 19.6 Å². The summed E-state index contributed by atoms with van der Waals surface area (Å²) in [6.07, 6.45) is 3.64. The minimum atomic E-state index is -0.421. The molecular formula is C22H19F2N5. The van der Waals surface area contributed by atoms with Crippen LogP contribution in [-0.4, -0.2) is 21.2 Å². The van der Waals surface area contributed by atoms with Crippen LogP contribution in [0, 0.1) is 41.2 Å². The first kappa shape index (κ1) is 20.2. The minimum Gasteiger partial charge on any atom is -0.293 e. The Hall–Kier alpha value is -3.55. The zero-order valence-electron chi connectivity index (χ0n) is 15.9. The van der Waals surface area contributed by atoms with E-state index in [1.165, 1.54) is 36.4 Å². The number of halogens is 2. The predicted molar refractivity (Wildman–Crippen MR) is 103 cm³/mol. The summed E-state index contributed by atoms with van der Waals surface area (Å²) in [6, 6.07) is 12.4. The molecule has 0 bridgehead atoms. The number of aromatic nitrogens is 2. The van der Waals surface area contributed by atoms with Crippen molar-refractivity contribution in [3.05, 3.63) is 88.2 Å². The van der Waals surface area contributed by atoms with Crippen LogP contribution in [0.15, 0.2) is 48.8 Å². The fraction of sp³-hybridized carbons (Fsp3) is 0.227. The summed E-state index contributed by atoms with van der Waals surface area (Å²) in [7, 11) is 0. The molecule has 3 rings (SSSR count). The highest BCUT2D eigenvalue weighted by molar-refractivity contribution is 5.35. The summed E-state index contributed by atoms with van der Waals surface area (Å²) in [4.78, 5) is 1.87. The van der Waals surface area contributed by atoms with E-state index in [1.54, 1.807) is 10.9 Å². The average molecular weight is 391 g/mol. The second kappa shape index (κ2) is 9.09. The number of hydrogen-bond acceptors (Lipinski definition) is 4. The molecule has 0 aliphatic rings. The summed E-state index contributed by atoms with van der Waals surface area (Å²) in [5, 5.41) is 22.4. The van der Waals surface area contributed by atoms with E-state index in [-0.39, 0.29) is 13.1 Å². The van der Waals surface area contributed by atoms with E-state index < -0.39 is 11.6 Å². The van der Waals surface area contributed by atoms with Gasteiger partial charge in [-0.05, 0) is 48.9 Å². The first-order chi connectivity index (χ1) is 14.0. The van der Waals surface area contributed by atoms with Gasteiger partial charge in [0.1, 0.15) is 11.6 Å². The summed E-state index contributed by atoms with van der Waals surface area (Å²) < 4.78 is 30.4. The molecule has 0 atom stereocenters. The van der Waals surface area contributed by atoms with Crippen molar-refractivity contribution in [3.8, 4) is 12.1 Å². The largest absolute Gasteiger partial charge is 0.293 e. The van der Waals surface area contributed by atoms with Crippen LogP contribution in [0.3, 0.4) is 0 Å². The zero-order valence-corrected chi connectivity index (χ0v) is 15.9. The SMILES string of the molecule is Cc1cnn(CCN(Cc2cc(C#N)ccc2F)Cc2cc(C#N)ccc2F)c1. The lowest BCUT2D eigenvalue weighted by Crippen LogP contribution is -2.28. The zero-order chi connectivity index (χ0) is 20.8. The van der Waals surface area contributed by atoms with Gasteiger partial charge in [-0.15, -0.1) is 0 Å². The quantitative estimate of drug-likeness (QED) is 0.612. The molecule has 0 radical (unpaired) electrons. The minimum absolute atomic E-state index is 0.192. The first-order valence-electron chi connectivity index (χ1n) is 9.07. The molecule has 0 spiro atoms. The van der Waals surface area contributed by atoms with Crippen LogP contribution < -0.4 is 0 Å². The Balaban J connectivity index is 1.85. The van der Waals surface area contributed by atoms with Gasteiger partial charge < -0.3 is 0 Å². The smallest absolute Gasteiger partial charge is 0.127 e. The van der Waals surface area contributed by atoms with E-state index in [2.05, 4.69) is 5.10 Å². The third-order valence-electron chi connectivity index (χ3n) is 4.55. The molecule has 29 heavy (non-hydrogen) atoms. The lowest BCUT2D eigenvalue weighted by atomic mass is 10.1.